The molecule has 0 saturated heterocycles. The molecule has 0 spiro atoms. The monoisotopic (exact) mass is 414 g/mol. The highest BCUT2D eigenvalue weighted by molar-refractivity contribution is 6.30. The number of halogens is 1. The molecule has 0 aliphatic heterocycles. The molecule has 0 fully saturated rings. The molecule has 1 aromatic heterocycles. The number of carbonyl (C=O) groups excluding carboxylic acids is 2. The molecule has 2 atom stereocenters. The molecule has 29 heavy (non-hydrogen) atoms. The molecule has 2 amide bonds. The number of ether oxygens (including phenoxy) is 1. The Morgan fingerprint density at radius 2 is 1.83 bits per heavy atom. The summed E-state index contributed by atoms with van der Waals surface area (Å²) in [6, 6.07) is 14.5. The lowest BCUT2D eigenvalue weighted by Gasteiger charge is -2.18. The number of hydrogen-bond donors (Lipinski definition) is 2. The third-order valence-electron chi connectivity index (χ3n) is 4.08. The predicted molar refractivity (Wildman–Crippen MR) is 106 cm³/mol. The van der Waals surface area contributed by atoms with Crippen LogP contribution < -0.4 is 11.1 Å². The topological polar surface area (TPSA) is 120 Å². The molecular formula is C20H19ClN4O4. The van der Waals surface area contributed by atoms with Crippen molar-refractivity contribution in [3.63, 3.8) is 0 Å². The minimum Gasteiger partial charge on any atom is -0.453 e. The number of urea groups is 1. The third kappa shape index (κ3) is 5.55. The molecule has 0 radical (unpaired) electrons. The van der Waals surface area contributed by atoms with Crippen molar-refractivity contribution in [1.82, 2.24) is 15.5 Å². The number of nitrogens with one attached hydrogen (secondary N) is 1. The maximum Gasteiger partial charge on any atom is 0.312 e. The van der Waals surface area contributed by atoms with Gasteiger partial charge in [-0.2, -0.15) is 0 Å². The van der Waals surface area contributed by atoms with Gasteiger partial charge in [-0.25, -0.2) is 4.79 Å². The number of nitrogens with zero attached hydrogens (tertiary/aromatic N) is 2. The van der Waals surface area contributed by atoms with Gasteiger partial charge < -0.3 is 20.2 Å². The Morgan fingerprint density at radius 3 is 2.48 bits per heavy atom. The van der Waals surface area contributed by atoms with E-state index in [2.05, 4.69) is 15.5 Å². The van der Waals surface area contributed by atoms with Crippen LogP contribution in [0.5, 0.6) is 0 Å². The lowest BCUT2D eigenvalue weighted by atomic mass is 10.0. The highest BCUT2D eigenvalue weighted by Crippen LogP contribution is 2.24. The quantitative estimate of drug-likeness (QED) is 0.567. The van der Waals surface area contributed by atoms with E-state index in [1.54, 1.807) is 31.2 Å². The molecule has 9 heteroatoms. The Kier molecular flexibility index (Phi) is 6.46. The number of benzene rings is 2. The first-order valence-electron chi connectivity index (χ1n) is 8.82. The van der Waals surface area contributed by atoms with Crippen molar-refractivity contribution >= 4 is 23.6 Å². The molecule has 0 aliphatic rings. The number of nitrogens with two attached hydrogens (primary N) is 1. The zero-order chi connectivity index (χ0) is 20.8. The lowest BCUT2D eigenvalue weighted by molar-refractivity contribution is -0.150. The summed E-state index contributed by atoms with van der Waals surface area (Å²) in [4.78, 5) is 23.7. The summed E-state index contributed by atoms with van der Waals surface area (Å²) in [5.74, 6) is -0.0632. The van der Waals surface area contributed by atoms with Crippen molar-refractivity contribution in [1.29, 1.82) is 0 Å². The van der Waals surface area contributed by atoms with Crippen LogP contribution in [-0.2, 0) is 9.53 Å². The SMILES string of the molecule is C[C@H](OC(=O)C[C@@H](NC(N)=O)c1ccc(Cl)cc1)c1nnc(-c2ccccc2)o1. The molecule has 1 heterocycles. The number of amides is 2. The van der Waals surface area contributed by atoms with E-state index in [9.17, 15) is 9.59 Å². The second kappa shape index (κ2) is 9.20. The first-order chi connectivity index (χ1) is 13.9. The third-order valence-corrected chi connectivity index (χ3v) is 4.33. The molecule has 0 bridgehead atoms. The Hall–Kier alpha value is -3.39. The number of carbonyl (C=O) groups is 2. The maximum absolute atomic E-state index is 12.4. The molecule has 0 aliphatic carbocycles. The summed E-state index contributed by atoms with van der Waals surface area (Å²) in [7, 11) is 0. The lowest BCUT2D eigenvalue weighted by Crippen LogP contribution is -2.34. The fraction of sp³-hybridized carbons (Fsp3) is 0.200. The Labute approximate surface area is 172 Å². The van der Waals surface area contributed by atoms with E-state index < -0.39 is 24.1 Å². The normalized spacial score (nSPS) is 12.8. The largest absolute Gasteiger partial charge is 0.453 e. The number of hydrogen-bond acceptors (Lipinski definition) is 6. The second-order valence-electron chi connectivity index (χ2n) is 6.26. The number of primary amides is 1. The molecule has 0 saturated carbocycles. The van der Waals surface area contributed by atoms with Crippen molar-refractivity contribution in [2.45, 2.75) is 25.5 Å². The number of aromatic nitrogens is 2. The molecule has 8 nitrogen and oxygen atoms in total. The van der Waals surface area contributed by atoms with Gasteiger partial charge in [0.05, 0.1) is 12.5 Å². The van der Waals surface area contributed by atoms with Crippen LogP contribution in [0.2, 0.25) is 5.02 Å². The van der Waals surface area contributed by atoms with Gasteiger partial charge in [0, 0.05) is 10.6 Å². The van der Waals surface area contributed by atoms with Gasteiger partial charge in [0.2, 0.25) is 5.89 Å². The summed E-state index contributed by atoms with van der Waals surface area (Å²) in [6.07, 6.45) is -0.888. The summed E-state index contributed by atoms with van der Waals surface area (Å²) >= 11 is 5.88. The van der Waals surface area contributed by atoms with Crippen molar-refractivity contribution in [3.8, 4) is 11.5 Å². The Bertz CT molecular complexity index is 976. The second-order valence-corrected chi connectivity index (χ2v) is 6.70. The van der Waals surface area contributed by atoms with Gasteiger partial charge in [0.25, 0.3) is 5.89 Å². The van der Waals surface area contributed by atoms with Crippen LogP contribution in [0, 0.1) is 0 Å². The molecule has 2 aromatic carbocycles. The van der Waals surface area contributed by atoms with Gasteiger partial charge in [0.15, 0.2) is 6.10 Å². The van der Waals surface area contributed by atoms with Crippen molar-refractivity contribution in [3.05, 3.63) is 71.1 Å². The molecule has 150 valence electrons. The zero-order valence-corrected chi connectivity index (χ0v) is 16.3. The van der Waals surface area contributed by atoms with Crippen molar-refractivity contribution < 1.29 is 18.7 Å². The van der Waals surface area contributed by atoms with E-state index in [1.165, 1.54) is 0 Å². The van der Waals surface area contributed by atoms with Gasteiger partial charge >= 0.3 is 12.0 Å². The fourth-order valence-corrected chi connectivity index (χ4v) is 2.80. The summed E-state index contributed by atoms with van der Waals surface area (Å²) in [5, 5.41) is 11.0. The van der Waals surface area contributed by atoms with Gasteiger partial charge in [-0.1, -0.05) is 41.9 Å². The van der Waals surface area contributed by atoms with E-state index in [0.717, 1.165) is 5.56 Å². The highest BCUT2D eigenvalue weighted by atomic mass is 35.5. The highest BCUT2D eigenvalue weighted by Gasteiger charge is 2.23. The van der Waals surface area contributed by atoms with E-state index in [-0.39, 0.29) is 12.3 Å². The fourth-order valence-electron chi connectivity index (χ4n) is 2.68. The molecule has 3 aromatic rings. The molecule has 3 rings (SSSR count). The number of esters is 1. The van der Waals surface area contributed by atoms with Crippen LogP contribution in [-0.4, -0.2) is 22.2 Å². The van der Waals surface area contributed by atoms with E-state index in [0.29, 0.717) is 16.5 Å². The minimum absolute atomic E-state index is 0.130. The van der Waals surface area contributed by atoms with E-state index in [1.807, 2.05) is 30.3 Å². The van der Waals surface area contributed by atoms with E-state index in [4.69, 9.17) is 26.5 Å². The minimum atomic E-state index is -0.757. The Balaban J connectivity index is 1.65. The van der Waals surface area contributed by atoms with Crippen molar-refractivity contribution in [2.75, 3.05) is 0 Å². The van der Waals surface area contributed by atoms with Crippen LogP contribution in [0.25, 0.3) is 11.5 Å². The molecule has 0 unspecified atom stereocenters. The first kappa shape index (κ1) is 20.3. The van der Waals surface area contributed by atoms with Gasteiger partial charge in [0.1, 0.15) is 0 Å². The predicted octanol–water partition coefficient (Wildman–Crippen LogP) is 3.79. The van der Waals surface area contributed by atoms with Gasteiger partial charge in [-0.15, -0.1) is 10.2 Å². The first-order valence-corrected chi connectivity index (χ1v) is 9.20. The van der Waals surface area contributed by atoms with Crippen LogP contribution >= 0.6 is 11.6 Å². The average Bonchev–Trinajstić information content (AvgIpc) is 3.19. The maximum atomic E-state index is 12.4. The van der Waals surface area contributed by atoms with Crippen LogP contribution in [0.3, 0.4) is 0 Å². The Morgan fingerprint density at radius 1 is 1.14 bits per heavy atom. The number of rotatable bonds is 7. The van der Waals surface area contributed by atoms with Crippen LogP contribution in [0.15, 0.2) is 59.0 Å². The summed E-state index contributed by atoms with van der Waals surface area (Å²) in [5.41, 5.74) is 6.66. The van der Waals surface area contributed by atoms with Gasteiger partial charge in [-0.3, -0.25) is 4.79 Å². The average molecular weight is 415 g/mol. The summed E-state index contributed by atoms with van der Waals surface area (Å²) < 4.78 is 11.0. The summed E-state index contributed by atoms with van der Waals surface area (Å²) in [6.45, 7) is 1.62. The standard InChI is InChI=1S/C20H19ClN4O4/c1-12(18-24-25-19(29-18)14-5-3-2-4-6-14)28-17(26)11-16(23-20(22)27)13-7-9-15(21)10-8-13/h2-10,12,16H,11H2,1H3,(H3,22,23,27)/t12-,16+/m0/s1. The molecular weight excluding hydrogens is 396 g/mol. The zero-order valence-electron chi connectivity index (χ0n) is 15.5. The van der Waals surface area contributed by atoms with Crippen LogP contribution in [0.1, 0.15) is 36.9 Å². The van der Waals surface area contributed by atoms with Crippen LogP contribution in [0.4, 0.5) is 4.79 Å². The molecule has 3 N–H and O–H groups in total. The van der Waals surface area contributed by atoms with E-state index >= 15 is 0 Å². The van der Waals surface area contributed by atoms with Crippen molar-refractivity contribution in [2.24, 2.45) is 5.73 Å². The smallest absolute Gasteiger partial charge is 0.312 e. The van der Waals surface area contributed by atoms with Gasteiger partial charge in [-0.05, 0) is 36.8 Å².